The highest BCUT2D eigenvalue weighted by Crippen LogP contribution is 2.41. The maximum Gasteiger partial charge on any atom is 0.340 e. The lowest BCUT2D eigenvalue weighted by Gasteiger charge is -2.47. The number of fused-ring (bicyclic) bond motifs is 3. The number of likely N-dealkylation sites (tertiary alicyclic amines) is 1. The molecule has 0 spiro atoms. The highest BCUT2D eigenvalue weighted by Gasteiger charge is 2.43. The van der Waals surface area contributed by atoms with Crippen LogP contribution in [0, 0.1) is 26.7 Å². The first-order valence-electron chi connectivity index (χ1n) is 13.3. The summed E-state index contributed by atoms with van der Waals surface area (Å²) in [6, 6.07) is 12.1. The maximum absolute atomic E-state index is 13.4. The molecule has 2 fully saturated rings. The fourth-order valence-corrected chi connectivity index (χ4v) is 6.60. The van der Waals surface area contributed by atoms with Gasteiger partial charge in [-0.3, -0.25) is 4.79 Å². The van der Waals surface area contributed by atoms with E-state index >= 15 is 0 Å². The number of hydrogen-bond acceptors (Lipinski definition) is 5. The first kappa shape index (κ1) is 24.0. The van der Waals surface area contributed by atoms with Crippen LogP contribution in [0.1, 0.15) is 54.6 Å². The lowest BCUT2D eigenvalue weighted by atomic mass is 9.71. The number of carbonyl (C=O) groups excluding carboxylic acids is 1. The van der Waals surface area contributed by atoms with Crippen molar-refractivity contribution in [3.63, 3.8) is 0 Å². The predicted molar refractivity (Wildman–Crippen MR) is 144 cm³/mol. The van der Waals surface area contributed by atoms with Crippen molar-refractivity contribution in [2.45, 2.75) is 64.9 Å². The summed E-state index contributed by atoms with van der Waals surface area (Å²) < 4.78 is 12.0. The Kier molecular flexibility index (Phi) is 5.75. The number of hydrogen-bond donors (Lipinski definition) is 1. The smallest absolute Gasteiger partial charge is 0.340 e. The Balaban J connectivity index is 1.39. The molecule has 1 aliphatic heterocycles. The highest BCUT2D eigenvalue weighted by molar-refractivity contribution is 6.06. The molecule has 0 radical (unpaired) electrons. The largest absolute Gasteiger partial charge is 0.460 e. The Morgan fingerprint density at radius 1 is 1.03 bits per heavy atom. The number of furan rings is 1. The van der Waals surface area contributed by atoms with E-state index in [0.29, 0.717) is 36.2 Å². The maximum atomic E-state index is 13.4. The fraction of sp³-hybridized carbons (Fsp3) is 0.419. The predicted octanol–water partition coefficient (Wildman–Crippen LogP) is 5.83. The van der Waals surface area contributed by atoms with Gasteiger partial charge in [0.25, 0.3) is 0 Å². The van der Waals surface area contributed by atoms with Crippen molar-refractivity contribution >= 4 is 27.8 Å². The Morgan fingerprint density at radius 3 is 2.57 bits per heavy atom. The summed E-state index contributed by atoms with van der Waals surface area (Å²) in [6.45, 7) is 6.85. The normalized spacial score (nSPS) is 21.9. The summed E-state index contributed by atoms with van der Waals surface area (Å²) in [5.74, 6) is 0.844. The van der Waals surface area contributed by atoms with Gasteiger partial charge in [-0.1, -0.05) is 43.2 Å². The van der Waals surface area contributed by atoms with Gasteiger partial charge in [0, 0.05) is 40.9 Å². The first-order valence-corrected chi connectivity index (χ1v) is 13.3. The zero-order valence-electron chi connectivity index (χ0n) is 21.7. The summed E-state index contributed by atoms with van der Waals surface area (Å²) in [4.78, 5) is 28.3. The van der Waals surface area contributed by atoms with Gasteiger partial charge in [-0.25, -0.2) is 4.79 Å². The number of carbonyl (C=O) groups is 1. The molecule has 1 amide bonds. The van der Waals surface area contributed by atoms with E-state index in [1.165, 1.54) is 0 Å². The van der Waals surface area contributed by atoms with Crippen LogP contribution in [0.5, 0.6) is 0 Å². The monoisotopic (exact) mass is 499 g/mol. The van der Waals surface area contributed by atoms with Crippen LogP contribution in [-0.4, -0.2) is 34.6 Å². The van der Waals surface area contributed by atoms with E-state index in [2.05, 4.69) is 12.1 Å². The molecule has 1 saturated carbocycles. The standard InChI is InChI=1S/C31H33NO5/c1-18-23-15-25-27(21-9-5-4-6-10-21)20(3)36-29(25)19(2)28(23)37-30(34)24(18)16-26(33)32-14-13-31(35)12-8-7-11-22(31)17-32/h4-6,9-10,15,22,35H,7-8,11-14,16-17H2,1-3H3/t22-,31-/m1/s1. The number of rotatable bonds is 3. The second-order valence-electron chi connectivity index (χ2n) is 11.0. The second-order valence-corrected chi connectivity index (χ2v) is 11.0. The van der Waals surface area contributed by atoms with Crippen LogP contribution in [0.3, 0.4) is 0 Å². The van der Waals surface area contributed by atoms with Crippen molar-refractivity contribution < 1.29 is 18.7 Å². The van der Waals surface area contributed by atoms with Gasteiger partial charge in [0.15, 0.2) is 0 Å². The van der Waals surface area contributed by atoms with Gasteiger partial charge in [-0.2, -0.15) is 0 Å². The van der Waals surface area contributed by atoms with Gasteiger partial charge < -0.3 is 18.8 Å². The van der Waals surface area contributed by atoms with Crippen LogP contribution in [0.15, 0.2) is 50.0 Å². The van der Waals surface area contributed by atoms with Crippen LogP contribution in [0.2, 0.25) is 0 Å². The van der Waals surface area contributed by atoms with E-state index in [0.717, 1.165) is 64.5 Å². The minimum atomic E-state index is -0.644. The first-order chi connectivity index (χ1) is 17.8. The van der Waals surface area contributed by atoms with E-state index < -0.39 is 11.2 Å². The number of amides is 1. The number of aliphatic hydroxyl groups is 1. The summed E-state index contributed by atoms with van der Waals surface area (Å²) in [5, 5.41) is 12.8. The van der Waals surface area contributed by atoms with Gasteiger partial charge in [0.1, 0.15) is 16.9 Å². The van der Waals surface area contributed by atoms with Crippen LogP contribution >= 0.6 is 0 Å². The van der Waals surface area contributed by atoms with Gasteiger partial charge in [-0.15, -0.1) is 0 Å². The highest BCUT2D eigenvalue weighted by atomic mass is 16.4. The Labute approximate surface area is 215 Å². The Morgan fingerprint density at radius 2 is 1.78 bits per heavy atom. The van der Waals surface area contributed by atoms with E-state index in [-0.39, 0.29) is 18.2 Å². The molecular weight excluding hydrogens is 466 g/mol. The van der Waals surface area contributed by atoms with Crippen molar-refractivity contribution in [1.29, 1.82) is 0 Å². The van der Waals surface area contributed by atoms with E-state index in [4.69, 9.17) is 8.83 Å². The third-order valence-electron chi connectivity index (χ3n) is 8.80. The van der Waals surface area contributed by atoms with Crippen molar-refractivity contribution in [2.24, 2.45) is 5.92 Å². The Bertz CT molecular complexity index is 1580. The molecule has 6 rings (SSSR count). The van der Waals surface area contributed by atoms with Crippen molar-refractivity contribution in [2.75, 3.05) is 13.1 Å². The summed E-state index contributed by atoms with van der Waals surface area (Å²) >= 11 is 0. The minimum absolute atomic E-state index is 0.00228. The third-order valence-corrected chi connectivity index (χ3v) is 8.80. The van der Waals surface area contributed by atoms with E-state index in [9.17, 15) is 14.7 Å². The zero-order chi connectivity index (χ0) is 25.9. The van der Waals surface area contributed by atoms with Gasteiger partial charge in [0.2, 0.25) is 5.91 Å². The molecule has 3 heterocycles. The van der Waals surface area contributed by atoms with Crippen LogP contribution in [0.4, 0.5) is 0 Å². The van der Waals surface area contributed by atoms with Crippen LogP contribution in [0.25, 0.3) is 33.1 Å². The molecule has 4 aromatic rings. The molecule has 2 atom stereocenters. The van der Waals surface area contributed by atoms with Crippen molar-refractivity contribution in [3.05, 3.63) is 69.3 Å². The SMILES string of the molecule is Cc1oc2c(C)c3oc(=O)c(CC(=O)N4CC[C@]5(O)CCCC[C@@H]5C4)c(C)c3cc2c1-c1ccccc1. The van der Waals surface area contributed by atoms with Gasteiger partial charge in [0.05, 0.1) is 17.6 Å². The molecule has 0 unspecified atom stereocenters. The lowest BCUT2D eigenvalue weighted by Crippen LogP contribution is -2.55. The van der Waals surface area contributed by atoms with E-state index in [1.54, 1.807) is 0 Å². The van der Waals surface area contributed by atoms with Gasteiger partial charge >= 0.3 is 5.63 Å². The van der Waals surface area contributed by atoms with Crippen LogP contribution < -0.4 is 5.63 Å². The minimum Gasteiger partial charge on any atom is -0.460 e. The third kappa shape index (κ3) is 3.89. The number of piperidine rings is 1. The molecule has 0 bridgehead atoms. The average Bonchev–Trinajstić information content (AvgIpc) is 3.23. The molecule has 2 aromatic heterocycles. The second kappa shape index (κ2) is 8.88. The summed E-state index contributed by atoms with van der Waals surface area (Å²) in [6.07, 6.45) is 4.51. The fourth-order valence-electron chi connectivity index (χ4n) is 6.60. The lowest BCUT2D eigenvalue weighted by molar-refractivity contribution is -0.142. The molecule has 1 aliphatic carbocycles. The molecule has 2 aromatic carbocycles. The number of nitrogens with zero attached hydrogens (tertiary/aromatic N) is 1. The molecule has 2 aliphatic rings. The molecule has 6 nitrogen and oxygen atoms in total. The summed E-state index contributed by atoms with van der Waals surface area (Å²) in [5.41, 5.74) is 4.15. The van der Waals surface area contributed by atoms with E-state index in [1.807, 2.05) is 49.9 Å². The van der Waals surface area contributed by atoms with Crippen LogP contribution in [-0.2, 0) is 11.2 Å². The topological polar surface area (TPSA) is 83.9 Å². The summed E-state index contributed by atoms with van der Waals surface area (Å²) in [7, 11) is 0. The number of aryl methyl sites for hydroxylation is 3. The number of benzene rings is 2. The Hall–Kier alpha value is -3.38. The van der Waals surface area contributed by atoms with Crippen molar-refractivity contribution in [3.8, 4) is 11.1 Å². The molecule has 37 heavy (non-hydrogen) atoms. The quantitative estimate of drug-likeness (QED) is 0.359. The molecular formula is C31H33NO5. The molecule has 1 saturated heterocycles. The molecule has 6 heteroatoms. The van der Waals surface area contributed by atoms with Crippen molar-refractivity contribution in [1.82, 2.24) is 4.90 Å². The average molecular weight is 500 g/mol. The zero-order valence-corrected chi connectivity index (χ0v) is 21.7. The molecule has 192 valence electrons. The molecule has 1 N–H and O–H groups in total. The van der Waals surface area contributed by atoms with Gasteiger partial charge in [-0.05, 0) is 57.2 Å².